The van der Waals surface area contributed by atoms with Gasteiger partial charge in [0.2, 0.25) is 0 Å². The Balaban J connectivity index is 2.12. The molecule has 0 amide bonds. The van der Waals surface area contributed by atoms with Gasteiger partial charge in [-0.15, -0.1) is 0 Å². The van der Waals surface area contributed by atoms with Crippen molar-refractivity contribution in [2.75, 3.05) is 18.0 Å². The lowest BCUT2D eigenvalue weighted by molar-refractivity contribution is 0.494. The lowest BCUT2D eigenvalue weighted by atomic mass is 10.0. The van der Waals surface area contributed by atoms with Gasteiger partial charge in [-0.2, -0.15) is 0 Å². The van der Waals surface area contributed by atoms with Crippen LogP contribution in [0.5, 0.6) is 0 Å². The molecule has 0 aromatic carbocycles. The number of anilines is 1. The Labute approximate surface area is 111 Å². The molecule has 2 unspecified atom stereocenters. The van der Waals surface area contributed by atoms with E-state index in [1.54, 1.807) is 0 Å². The van der Waals surface area contributed by atoms with Crippen LogP contribution in [-0.4, -0.2) is 24.1 Å². The van der Waals surface area contributed by atoms with Crippen LogP contribution in [0.3, 0.4) is 0 Å². The Kier molecular flexibility index (Phi) is 4.23. The van der Waals surface area contributed by atoms with Crippen molar-refractivity contribution in [2.24, 2.45) is 11.8 Å². The number of rotatable bonds is 4. The second kappa shape index (κ2) is 5.70. The van der Waals surface area contributed by atoms with E-state index in [4.69, 9.17) is 0 Å². The minimum Gasteiger partial charge on any atom is -0.356 e. The van der Waals surface area contributed by atoms with Gasteiger partial charge in [0, 0.05) is 37.4 Å². The first-order valence-electron chi connectivity index (χ1n) is 7.00. The van der Waals surface area contributed by atoms with Crippen molar-refractivity contribution in [1.29, 1.82) is 0 Å². The molecule has 100 valence electrons. The molecule has 0 aliphatic carbocycles. The normalized spacial score (nSPS) is 23.9. The average Bonchev–Trinajstić information content (AvgIpc) is 2.67. The number of hydrogen-bond acceptors (Lipinski definition) is 3. The first-order valence-corrected chi connectivity index (χ1v) is 7.00. The molecule has 18 heavy (non-hydrogen) atoms. The number of nitrogens with one attached hydrogen (secondary N) is 1. The monoisotopic (exact) mass is 247 g/mol. The summed E-state index contributed by atoms with van der Waals surface area (Å²) in [4.78, 5) is 7.03. The Morgan fingerprint density at radius 2 is 2.00 bits per heavy atom. The fraction of sp³-hybridized carbons (Fsp3) is 0.667. The van der Waals surface area contributed by atoms with Crippen LogP contribution in [0.25, 0.3) is 0 Å². The van der Waals surface area contributed by atoms with Gasteiger partial charge in [0.15, 0.2) is 0 Å². The van der Waals surface area contributed by atoms with Crippen LogP contribution in [0.4, 0.5) is 5.82 Å². The zero-order valence-electron chi connectivity index (χ0n) is 12.0. The molecule has 0 spiro atoms. The van der Waals surface area contributed by atoms with Crippen molar-refractivity contribution in [3.05, 3.63) is 23.9 Å². The molecule has 1 N–H and O–H groups in total. The standard InChI is InChI=1S/C15H25N3/c1-11(2)17-8-14-6-5-7-16-15(14)18-9-12(3)13(4)10-18/h5-7,11-13,17H,8-10H2,1-4H3. The molecule has 1 fully saturated rings. The third-order valence-electron chi connectivity index (χ3n) is 3.86. The first kappa shape index (κ1) is 13.3. The van der Waals surface area contributed by atoms with Crippen molar-refractivity contribution in [1.82, 2.24) is 10.3 Å². The fourth-order valence-electron chi connectivity index (χ4n) is 2.47. The Bertz CT molecular complexity index is 379. The zero-order chi connectivity index (χ0) is 13.1. The van der Waals surface area contributed by atoms with E-state index in [9.17, 15) is 0 Å². The molecule has 1 aromatic rings. The van der Waals surface area contributed by atoms with Gasteiger partial charge in [0.1, 0.15) is 5.82 Å². The molecule has 2 atom stereocenters. The van der Waals surface area contributed by atoms with Crippen LogP contribution in [0, 0.1) is 11.8 Å². The summed E-state index contributed by atoms with van der Waals surface area (Å²) < 4.78 is 0. The van der Waals surface area contributed by atoms with Crippen LogP contribution >= 0.6 is 0 Å². The van der Waals surface area contributed by atoms with Gasteiger partial charge >= 0.3 is 0 Å². The predicted octanol–water partition coefficient (Wildman–Crippen LogP) is 2.67. The summed E-state index contributed by atoms with van der Waals surface area (Å²) in [6.07, 6.45) is 1.90. The van der Waals surface area contributed by atoms with Gasteiger partial charge in [-0.05, 0) is 17.9 Å². The lowest BCUT2D eigenvalue weighted by Gasteiger charge is -2.21. The minimum absolute atomic E-state index is 0.509. The molecular weight excluding hydrogens is 222 g/mol. The molecule has 3 heteroatoms. The second-order valence-electron chi connectivity index (χ2n) is 5.88. The van der Waals surface area contributed by atoms with Gasteiger partial charge < -0.3 is 10.2 Å². The second-order valence-corrected chi connectivity index (χ2v) is 5.88. The van der Waals surface area contributed by atoms with E-state index in [0.29, 0.717) is 6.04 Å². The SMILES string of the molecule is CC(C)NCc1cccnc1N1CC(C)C(C)C1. The van der Waals surface area contributed by atoms with E-state index in [2.05, 4.69) is 49.0 Å². The largest absolute Gasteiger partial charge is 0.356 e. The van der Waals surface area contributed by atoms with Crippen molar-refractivity contribution < 1.29 is 0 Å². The maximum atomic E-state index is 4.59. The summed E-state index contributed by atoms with van der Waals surface area (Å²) in [5.41, 5.74) is 1.31. The van der Waals surface area contributed by atoms with E-state index in [-0.39, 0.29) is 0 Å². The summed E-state index contributed by atoms with van der Waals surface area (Å²) in [5, 5.41) is 3.48. The molecule has 2 heterocycles. The highest BCUT2D eigenvalue weighted by Gasteiger charge is 2.27. The van der Waals surface area contributed by atoms with E-state index in [1.807, 2.05) is 12.3 Å². The molecule has 1 saturated heterocycles. The highest BCUT2D eigenvalue weighted by atomic mass is 15.2. The summed E-state index contributed by atoms with van der Waals surface area (Å²) in [7, 11) is 0. The van der Waals surface area contributed by atoms with Crippen molar-refractivity contribution in [2.45, 2.75) is 40.3 Å². The highest BCUT2D eigenvalue weighted by molar-refractivity contribution is 5.47. The van der Waals surface area contributed by atoms with Crippen molar-refractivity contribution >= 4 is 5.82 Å². The van der Waals surface area contributed by atoms with E-state index < -0.39 is 0 Å². The molecule has 1 aliphatic heterocycles. The third-order valence-corrected chi connectivity index (χ3v) is 3.86. The molecule has 3 nitrogen and oxygen atoms in total. The maximum Gasteiger partial charge on any atom is 0.133 e. The number of pyridine rings is 1. The van der Waals surface area contributed by atoms with E-state index in [0.717, 1.165) is 31.5 Å². The Morgan fingerprint density at radius 1 is 1.33 bits per heavy atom. The summed E-state index contributed by atoms with van der Waals surface area (Å²) in [6.45, 7) is 12.2. The molecule has 1 aromatic heterocycles. The number of nitrogens with zero attached hydrogens (tertiary/aromatic N) is 2. The van der Waals surface area contributed by atoms with Crippen molar-refractivity contribution in [3.63, 3.8) is 0 Å². The van der Waals surface area contributed by atoms with Gasteiger partial charge in [-0.25, -0.2) is 4.98 Å². The van der Waals surface area contributed by atoms with Gasteiger partial charge in [0.05, 0.1) is 0 Å². The molecule has 0 bridgehead atoms. The van der Waals surface area contributed by atoms with Crippen LogP contribution in [0.2, 0.25) is 0 Å². The molecule has 0 radical (unpaired) electrons. The van der Waals surface area contributed by atoms with Crippen LogP contribution in [0.15, 0.2) is 18.3 Å². The smallest absolute Gasteiger partial charge is 0.133 e. The van der Waals surface area contributed by atoms with Crippen LogP contribution < -0.4 is 10.2 Å². The molecule has 2 rings (SSSR count). The minimum atomic E-state index is 0.509. The Morgan fingerprint density at radius 3 is 2.61 bits per heavy atom. The molecule has 1 aliphatic rings. The summed E-state index contributed by atoms with van der Waals surface area (Å²) in [5.74, 6) is 2.69. The summed E-state index contributed by atoms with van der Waals surface area (Å²) in [6, 6.07) is 4.73. The van der Waals surface area contributed by atoms with Gasteiger partial charge in [0.25, 0.3) is 0 Å². The van der Waals surface area contributed by atoms with Crippen molar-refractivity contribution in [3.8, 4) is 0 Å². The first-order chi connectivity index (χ1) is 8.58. The summed E-state index contributed by atoms with van der Waals surface area (Å²) >= 11 is 0. The quantitative estimate of drug-likeness (QED) is 0.886. The van der Waals surface area contributed by atoms with Gasteiger partial charge in [-0.1, -0.05) is 33.8 Å². The highest BCUT2D eigenvalue weighted by Crippen LogP contribution is 2.28. The van der Waals surface area contributed by atoms with E-state index in [1.165, 1.54) is 11.4 Å². The predicted molar refractivity (Wildman–Crippen MR) is 76.8 cm³/mol. The average molecular weight is 247 g/mol. The topological polar surface area (TPSA) is 28.2 Å². The van der Waals surface area contributed by atoms with Crippen LogP contribution in [-0.2, 0) is 6.54 Å². The Hall–Kier alpha value is -1.09. The van der Waals surface area contributed by atoms with E-state index >= 15 is 0 Å². The zero-order valence-corrected chi connectivity index (χ0v) is 12.0. The third kappa shape index (κ3) is 3.02. The van der Waals surface area contributed by atoms with Gasteiger partial charge in [-0.3, -0.25) is 0 Å². The molecular formula is C15H25N3. The molecule has 0 saturated carbocycles. The number of aromatic nitrogens is 1. The number of hydrogen-bond donors (Lipinski definition) is 1. The lowest BCUT2D eigenvalue weighted by Crippen LogP contribution is -2.26. The maximum absolute atomic E-state index is 4.59. The van der Waals surface area contributed by atoms with Crippen LogP contribution in [0.1, 0.15) is 33.3 Å². The fourth-order valence-corrected chi connectivity index (χ4v) is 2.47.